The Morgan fingerprint density at radius 1 is 1.38 bits per heavy atom. The van der Waals surface area contributed by atoms with Gasteiger partial charge in [0.05, 0.1) is 23.2 Å². The lowest BCUT2D eigenvalue weighted by Gasteiger charge is -2.00. The molecule has 0 saturated carbocycles. The Balaban J connectivity index is 2.39. The van der Waals surface area contributed by atoms with E-state index in [-0.39, 0.29) is 0 Å². The van der Waals surface area contributed by atoms with Crippen molar-refractivity contribution in [3.8, 4) is 17.3 Å². The number of thiazole rings is 1. The molecule has 0 fully saturated rings. The zero-order valence-corrected chi connectivity index (χ0v) is 10.4. The van der Waals surface area contributed by atoms with Crippen LogP contribution in [0.15, 0.2) is 23.6 Å². The molecule has 0 saturated heterocycles. The number of benzene rings is 1. The molecule has 0 aliphatic carbocycles. The summed E-state index contributed by atoms with van der Waals surface area (Å²) in [6.07, 6.45) is 0.329. The molecule has 2 aromatic rings. The number of aromatic nitrogens is 1. The molecule has 0 atom stereocenters. The summed E-state index contributed by atoms with van der Waals surface area (Å²) in [7, 11) is 0. The van der Waals surface area contributed by atoms with Crippen LogP contribution in [0.3, 0.4) is 0 Å². The number of hydrogen-bond acceptors (Lipinski definition) is 3. The molecule has 0 aliphatic heterocycles. The van der Waals surface area contributed by atoms with E-state index in [1.165, 1.54) is 11.3 Å². The lowest BCUT2D eigenvalue weighted by atomic mass is 10.2. The van der Waals surface area contributed by atoms with Crippen molar-refractivity contribution in [1.29, 1.82) is 5.26 Å². The molecular formula is C11H6Cl2N2S. The summed E-state index contributed by atoms with van der Waals surface area (Å²) >= 11 is 13.3. The number of nitrogens with zero attached hydrogens (tertiary/aromatic N) is 2. The van der Waals surface area contributed by atoms with E-state index in [1.54, 1.807) is 12.1 Å². The molecule has 0 aliphatic rings. The summed E-state index contributed by atoms with van der Waals surface area (Å²) in [4.78, 5) is 4.33. The maximum absolute atomic E-state index is 8.56. The van der Waals surface area contributed by atoms with E-state index in [0.717, 1.165) is 16.3 Å². The minimum absolute atomic E-state index is 0.329. The van der Waals surface area contributed by atoms with Crippen molar-refractivity contribution in [3.05, 3.63) is 38.6 Å². The molecule has 1 aromatic carbocycles. The van der Waals surface area contributed by atoms with Gasteiger partial charge in [0.15, 0.2) is 0 Å². The second-order valence-electron chi connectivity index (χ2n) is 3.09. The third-order valence-corrected chi connectivity index (χ3v) is 3.39. The molecule has 0 N–H and O–H groups in total. The highest BCUT2D eigenvalue weighted by atomic mass is 35.5. The molecule has 0 amide bonds. The van der Waals surface area contributed by atoms with Crippen LogP contribution in [0.1, 0.15) is 5.01 Å². The largest absolute Gasteiger partial charge is 0.240 e. The van der Waals surface area contributed by atoms with Gasteiger partial charge in [0.1, 0.15) is 5.01 Å². The average molecular weight is 269 g/mol. The Bertz CT molecular complexity index is 557. The van der Waals surface area contributed by atoms with Crippen LogP contribution in [0.4, 0.5) is 0 Å². The summed E-state index contributed by atoms with van der Waals surface area (Å²) in [5, 5.41) is 12.4. The molecule has 5 heteroatoms. The summed E-state index contributed by atoms with van der Waals surface area (Å²) in [6.45, 7) is 0. The first-order valence-electron chi connectivity index (χ1n) is 4.47. The van der Waals surface area contributed by atoms with Gasteiger partial charge in [-0.2, -0.15) is 5.26 Å². The Kier molecular flexibility index (Phi) is 3.45. The van der Waals surface area contributed by atoms with E-state index in [4.69, 9.17) is 28.5 Å². The number of nitriles is 1. The number of rotatable bonds is 2. The Labute approximate surface area is 107 Å². The second-order valence-corrected chi connectivity index (χ2v) is 4.87. The molecular weight excluding hydrogens is 263 g/mol. The van der Waals surface area contributed by atoms with E-state index in [0.29, 0.717) is 16.5 Å². The van der Waals surface area contributed by atoms with Gasteiger partial charge in [0.25, 0.3) is 0 Å². The predicted molar refractivity (Wildman–Crippen MR) is 66.9 cm³/mol. The molecule has 16 heavy (non-hydrogen) atoms. The fourth-order valence-corrected chi connectivity index (χ4v) is 2.51. The lowest BCUT2D eigenvalue weighted by Crippen LogP contribution is -1.82. The molecule has 0 bridgehead atoms. The van der Waals surface area contributed by atoms with Crippen LogP contribution in [0.5, 0.6) is 0 Å². The van der Waals surface area contributed by atoms with E-state index >= 15 is 0 Å². The first-order valence-corrected chi connectivity index (χ1v) is 6.11. The number of halogens is 2. The highest BCUT2D eigenvalue weighted by molar-refractivity contribution is 7.10. The molecule has 0 spiro atoms. The summed E-state index contributed by atoms with van der Waals surface area (Å²) in [6, 6.07) is 7.35. The fraction of sp³-hybridized carbons (Fsp3) is 0.0909. The van der Waals surface area contributed by atoms with Crippen LogP contribution in [0.25, 0.3) is 11.3 Å². The Morgan fingerprint density at radius 2 is 2.19 bits per heavy atom. The van der Waals surface area contributed by atoms with Crippen molar-refractivity contribution < 1.29 is 0 Å². The van der Waals surface area contributed by atoms with E-state index in [2.05, 4.69) is 11.1 Å². The van der Waals surface area contributed by atoms with Gasteiger partial charge in [-0.05, 0) is 18.2 Å². The molecule has 80 valence electrons. The second kappa shape index (κ2) is 4.84. The summed E-state index contributed by atoms with van der Waals surface area (Å²) in [5.74, 6) is 0. The molecule has 1 heterocycles. The molecule has 0 unspecified atom stereocenters. The zero-order valence-electron chi connectivity index (χ0n) is 8.08. The zero-order chi connectivity index (χ0) is 11.5. The minimum Gasteiger partial charge on any atom is -0.240 e. The SMILES string of the molecule is N#CCc1nc(-c2ccc(Cl)cc2Cl)cs1. The van der Waals surface area contributed by atoms with Crippen molar-refractivity contribution in [1.82, 2.24) is 4.98 Å². The molecule has 2 nitrogen and oxygen atoms in total. The van der Waals surface area contributed by atoms with Crippen LogP contribution in [-0.2, 0) is 6.42 Å². The fourth-order valence-electron chi connectivity index (χ4n) is 1.28. The van der Waals surface area contributed by atoms with Gasteiger partial charge in [-0.3, -0.25) is 0 Å². The van der Waals surface area contributed by atoms with Gasteiger partial charge in [0, 0.05) is 16.0 Å². The highest BCUT2D eigenvalue weighted by Crippen LogP contribution is 2.30. The topological polar surface area (TPSA) is 36.7 Å². The van der Waals surface area contributed by atoms with Crippen molar-refractivity contribution in [2.75, 3.05) is 0 Å². The van der Waals surface area contributed by atoms with Crippen LogP contribution < -0.4 is 0 Å². The summed E-state index contributed by atoms with van der Waals surface area (Å²) in [5.41, 5.74) is 1.63. The van der Waals surface area contributed by atoms with Crippen LogP contribution in [-0.4, -0.2) is 4.98 Å². The maximum atomic E-state index is 8.56. The summed E-state index contributed by atoms with van der Waals surface area (Å²) < 4.78 is 0. The predicted octanol–water partition coefficient (Wildman–Crippen LogP) is 4.18. The van der Waals surface area contributed by atoms with E-state index in [9.17, 15) is 0 Å². The smallest absolute Gasteiger partial charge is 0.107 e. The van der Waals surface area contributed by atoms with E-state index in [1.807, 2.05) is 11.4 Å². The first-order chi connectivity index (χ1) is 7.70. The minimum atomic E-state index is 0.329. The number of hydrogen-bond donors (Lipinski definition) is 0. The molecule has 1 aromatic heterocycles. The van der Waals surface area contributed by atoms with Gasteiger partial charge < -0.3 is 0 Å². The lowest BCUT2D eigenvalue weighted by molar-refractivity contribution is 1.19. The quantitative estimate of drug-likeness (QED) is 0.819. The third-order valence-electron chi connectivity index (χ3n) is 1.99. The third kappa shape index (κ3) is 2.35. The van der Waals surface area contributed by atoms with Crippen molar-refractivity contribution >= 4 is 34.5 Å². The van der Waals surface area contributed by atoms with Crippen LogP contribution >= 0.6 is 34.5 Å². The van der Waals surface area contributed by atoms with Crippen molar-refractivity contribution in [2.45, 2.75) is 6.42 Å². The standard InChI is InChI=1S/C11H6Cl2N2S/c12-7-1-2-8(9(13)5-7)10-6-16-11(15-10)3-4-14/h1-2,5-6H,3H2. The monoisotopic (exact) mass is 268 g/mol. The van der Waals surface area contributed by atoms with Crippen molar-refractivity contribution in [3.63, 3.8) is 0 Å². The van der Waals surface area contributed by atoms with Crippen LogP contribution in [0, 0.1) is 11.3 Å². The maximum Gasteiger partial charge on any atom is 0.107 e. The van der Waals surface area contributed by atoms with Crippen LogP contribution in [0.2, 0.25) is 10.0 Å². The van der Waals surface area contributed by atoms with Crippen molar-refractivity contribution in [2.24, 2.45) is 0 Å². The van der Waals surface area contributed by atoms with Gasteiger partial charge in [-0.25, -0.2) is 4.98 Å². The molecule has 0 radical (unpaired) electrons. The van der Waals surface area contributed by atoms with Gasteiger partial charge >= 0.3 is 0 Å². The van der Waals surface area contributed by atoms with E-state index < -0.39 is 0 Å². The Morgan fingerprint density at radius 3 is 2.88 bits per heavy atom. The first kappa shape index (κ1) is 11.4. The average Bonchev–Trinajstić information content (AvgIpc) is 2.67. The van der Waals surface area contributed by atoms with Gasteiger partial charge in [-0.1, -0.05) is 23.2 Å². The normalized spacial score (nSPS) is 10.1. The Hall–Kier alpha value is -1.08. The van der Waals surface area contributed by atoms with Gasteiger partial charge in [-0.15, -0.1) is 11.3 Å². The highest BCUT2D eigenvalue weighted by Gasteiger charge is 2.08. The molecule has 2 rings (SSSR count). The van der Waals surface area contributed by atoms with Gasteiger partial charge in [0.2, 0.25) is 0 Å².